The minimum atomic E-state index is -1.10. The van der Waals surface area contributed by atoms with Gasteiger partial charge in [0.15, 0.2) is 11.6 Å². The lowest BCUT2D eigenvalue weighted by Crippen LogP contribution is -2.01. The number of thiophene rings is 1. The van der Waals surface area contributed by atoms with Crippen LogP contribution < -0.4 is 4.74 Å². The second kappa shape index (κ2) is 7.31. The minimum absolute atomic E-state index is 0.0236. The monoisotopic (exact) mass is 362 g/mol. The van der Waals surface area contributed by atoms with Crippen molar-refractivity contribution in [1.29, 1.82) is 0 Å². The summed E-state index contributed by atoms with van der Waals surface area (Å²) in [5.74, 6) is -2.95. The highest BCUT2D eigenvalue weighted by atomic mass is 32.1. The minimum Gasteiger partial charge on any atom is -0.490 e. The Morgan fingerprint density at radius 1 is 0.920 bits per heavy atom. The number of ether oxygens (including phenoxy) is 1. The molecule has 0 saturated heterocycles. The van der Waals surface area contributed by atoms with Gasteiger partial charge >= 0.3 is 0 Å². The van der Waals surface area contributed by atoms with Crippen LogP contribution in [0.5, 0.6) is 5.75 Å². The van der Waals surface area contributed by atoms with Crippen molar-refractivity contribution in [2.75, 3.05) is 6.61 Å². The molecule has 0 amide bonds. The largest absolute Gasteiger partial charge is 0.490 e. The van der Waals surface area contributed by atoms with Crippen LogP contribution in [0.25, 0.3) is 21.6 Å². The van der Waals surface area contributed by atoms with E-state index in [-0.39, 0.29) is 16.9 Å². The summed E-state index contributed by atoms with van der Waals surface area (Å²) < 4.78 is 48.2. The molecule has 0 aliphatic rings. The smallest absolute Gasteiger partial charge is 0.201 e. The molecule has 1 nitrogen and oxygen atoms in total. The quantitative estimate of drug-likeness (QED) is 0.497. The van der Waals surface area contributed by atoms with Gasteiger partial charge in [-0.2, -0.15) is 4.39 Å². The zero-order valence-corrected chi connectivity index (χ0v) is 14.7. The molecular weight excluding hydrogens is 345 g/mol. The summed E-state index contributed by atoms with van der Waals surface area (Å²) in [4.78, 5) is 2.05. The van der Waals surface area contributed by atoms with Gasteiger partial charge in [-0.3, -0.25) is 0 Å². The van der Waals surface area contributed by atoms with Gasteiger partial charge in [0.2, 0.25) is 5.82 Å². The maximum atomic E-state index is 14.5. The van der Waals surface area contributed by atoms with Crippen molar-refractivity contribution < 1.29 is 17.9 Å². The first-order chi connectivity index (χ1) is 12.0. The number of halogens is 3. The molecule has 3 aromatic rings. The van der Waals surface area contributed by atoms with Crippen LogP contribution in [0.15, 0.2) is 42.5 Å². The summed E-state index contributed by atoms with van der Waals surface area (Å²) in [6.07, 6.45) is 0.682. The van der Waals surface area contributed by atoms with Gasteiger partial charge in [-0.15, -0.1) is 11.3 Å². The SMILES string of the molecule is CCCOc1ccc(-c2ccc(-c3ccc(C)s3)cc2F)c(F)c1F. The average molecular weight is 362 g/mol. The molecule has 0 bridgehead atoms. The Kier molecular flexibility index (Phi) is 5.13. The van der Waals surface area contributed by atoms with Crippen LogP contribution in [-0.4, -0.2) is 6.61 Å². The molecule has 1 aromatic heterocycles. The van der Waals surface area contributed by atoms with E-state index in [1.54, 1.807) is 17.4 Å². The Balaban J connectivity index is 1.98. The van der Waals surface area contributed by atoms with Gasteiger partial charge < -0.3 is 4.74 Å². The van der Waals surface area contributed by atoms with Crippen LogP contribution >= 0.6 is 11.3 Å². The van der Waals surface area contributed by atoms with Crippen LogP contribution in [-0.2, 0) is 0 Å². The lowest BCUT2D eigenvalue weighted by atomic mass is 10.0. The second-order valence-electron chi connectivity index (χ2n) is 5.69. The fourth-order valence-corrected chi connectivity index (χ4v) is 3.40. The van der Waals surface area contributed by atoms with Gasteiger partial charge in [0, 0.05) is 20.9 Å². The molecule has 130 valence electrons. The van der Waals surface area contributed by atoms with E-state index >= 15 is 0 Å². The molecule has 3 rings (SSSR count). The zero-order valence-electron chi connectivity index (χ0n) is 13.9. The number of aryl methyl sites for hydroxylation is 1. The van der Waals surface area contributed by atoms with Crippen LogP contribution in [0.1, 0.15) is 18.2 Å². The molecule has 0 atom stereocenters. The third-order valence-electron chi connectivity index (χ3n) is 3.79. The number of rotatable bonds is 5. The molecule has 0 aliphatic heterocycles. The molecule has 1 heterocycles. The highest BCUT2D eigenvalue weighted by Gasteiger charge is 2.18. The highest BCUT2D eigenvalue weighted by Crippen LogP contribution is 2.34. The van der Waals surface area contributed by atoms with E-state index in [2.05, 4.69) is 0 Å². The lowest BCUT2D eigenvalue weighted by Gasteiger charge is -2.11. The predicted octanol–water partition coefficient (Wildman–Crippen LogP) is 6.60. The second-order valence-corrected chi connectivity index (χ2v) is 6.98. The molecule has 0 saturated carbocycles. The predicted molar refractivity (Wildman–Crippen MR) is 95.6 cm³/mol. The Hall–Kier alpha value is -2.27. The molecule has 0 N–H and O–H groups in total. The summed E-state index contributed by atoms with van der Waals surface area (Å²) in [6.45, 7) is 4.13. The maximum Gasteiger partial charge on any atom is 0.201 e. The number of hydrogen-bond donors (Lipinski definition) is 0. The molecule has 2 aromatic carbocycles. The maximum absolute atomic E-state index is 14.5. The molecule has 0 radical (unpaired) electrons. The summed E-state index contributed by atoms with van der Waals surface area (Å²) in [5, 5.41) is 0. The van der Waals surface area contributed by atoms with E-state index in [4.69, 9.17) is 4.74 Å². The van der Waals surface area contributed by atoms with E-state index < -0.39 is 17.5 Å². The van der Waals surface area contributed by atoms with Crippen molar-refractivity contribution in [2.24, 2.45) is 0 Å². The van der Waals surface area contributed by atoms with Gasteiger partial charge in [0.1, 0.15) is 5.82 Å². The van der Waals surface area contributed by atoms with Crippen molar-refractivity contribution in [3.05, 3.63) is 64.8 Å². The summed E-state index contributed by atoms with van der Waals surface area (Å²) in [6, 6.07) is 11.1. The highest BCUT2D eigenvalue weighted by molar-refractivity contribution is 7.15. The lowest BCUT2D eigenvalue weighted by molar-refractivity contribution is 0.295. The summed E-state index contributed by atoms with van der Waals surface area (Å²) >= 11 is 1.55. The van der Waals surface area contributed by atoms with E-state index in [9.17, 15) is 13.2 Å². The Bertz CT molecular complexity index is 902. The average Bonchev–Trinajstić information content (AvgIpc) is 3.03. The van der Waals surface area contributed by atoms with Crippen LogP contribution in [0.2, 0.25) is 0 Å². The summed E-state index contributed by atoms with van der Waals surface area (Å²) in [5.41, 5.74) is 0.617. The third-order valence-corrected chi connectivity index (χ3v) is 4.84. The molecular formula is C20H17F3OS. The van der Waals surface area contributed by atoms with Crippen LogP contribution in [0.4, 0.5) is 13.2 Å². The van der Waals surface area contributed by atoms with Crippen molar-refractivity contribution in [3.8, 4) is 27.3 Å². The molecule has 25 heavy (non-hydrogen) atoms. The standard InChI is InChI=1S/C20H17F3OS/c1-3-10-24-17-8-7-15(19(22)20(17)23)14-6-5-13(11-16(14)21)18-9-4-12(2)25-18/h4-9,11H,3,10H2,1-2H3. The van der Waals surface area contributed by atoms with Gasteiger partial charge in [0.25, 0.3) is 0 Å². The van der Waals surface area contributed by atoms with E-state index in [0.717, 1.165) is 9.75 Å². The normalized spacial score (nSPS) is 10.9. The Morgan fingerprint density at radius 3 is 2.32 bits per heavy atom. The van der Waals surface area contributed by atoms with E-state index in [1.807, 2.05) is 26.0 Å². The van der Waals surface area contributed by atoms with Crippen molar-refractivity contribution in [2.45, 2.75) is 20.3 Å². The molecule has 0 fully saturated rings. The van der Waals surface area contributed by atoms with E-state index in [1.165, 1.54) is 24.3 Å². The molecule has 0 aliphatic carbocycles. The molecule has 0 spiro atoms. The Labute approximate surface area is 148 Å². The van der Waals surface area contributed by atoms with Gasteiger partial charge in [0.05, 0.1) is 6.61 Å². The van der Waals surface area contributed by atoms with Crippen molar-refractivity contribution in [1.82, 2.24) is 0 Å². The zero-order chi connectivity index (χ0) is 18.0. The summed E-state index contributed by atoms with van der Waals surface area (Å²) in [7, 11) is 0. The first-order valence-electron chi connectivity index (χ1n) is 7.98. The van der Waals surface area contributed by atoms with Gasteiger partial charge in [-0.1, -0.05) is 19.1 Å². The number of benzene rings is 2. The van der Waals surface area contributed by atoms with Crippen molar-refractivity contribution >= 4 is 11.3 Å². The first kappa shape index (κ1) is 17.5. The van der Waals surface area contributed by atoms with Crippen LogP contribution in [0, 0.1) is 24.4 Å². The van der Waals surface area contributed by atoms with Crippen LogP contribution in [0.3, 0.4) is 0 Å². The third kappa shape index (κ3) is 3.56. The van der Waals surface area contributed by atoms with E-state index in [0.29, 0.717) is 18.6 Å². The molecule has 5 heteroatoms. The fourth-order valence-electron chi connectivity index (χ4n) is 2.54. The fraction of sp³-hybridized carbons (Fsp3) is 0.200. The Morgan fingerprint density at radius 2 is 1.68 bits per heavy atom. The molecule has 0 unspecified atom stereocenters. The number of hydrogen-bond acceptors (Lipinski definition) is 2. The van der Waals surface area contributed by atoms with Gasteiger partial charge in [-0.05, 0) is 49.2 Å². The van der Waals surface area contributed by atoms with Crippen molar-refractivity contribution in [3.63, 3.8) is 0 Å². The van der Waals surface area contributed by atoms with Gasteiger partial charge in [-0.25, -0.2) is 8.78 Å². The topological polar surface area (TPSA) is 9.23 Å². The first-order valence-corrected chi connectivity index (χ1v) is 8.80.